The van der Waals surface area contributed by atoms with Crippen LogP contribution in [0.2, 0.25) is 0 Å². The fourth-order valence-corrected chi connectivity index (χ4v) is 6.85. The molecule has 0 saturated carbocycles. The zero-order chi connectivity index (χ0) is 17.0. The molecule has 0 bridgehead atoms. The van der Waals surface area contributed by atoms with Crippen molar-refractivity contribution in [3.63, 3.8) is 0 Å². The zero-order valence-corrected chi connectivity index (χ0v) is 21.1. The van der Waals surface area contributed by atoms with E-state index < -0.39 is 0 Å². The average Bonchev–Trinajstić information content (AvgIpc) is 2.43. The average molecular weight is 622 g/mol. The molecule has 0 saturated heterocycles. The first kappa shape index (κ1) is 20.7. The molecule has 7 heteroatoms. The van der Waals surface area contributed by atoms with Crippen LogP contribution in [0.15, 0.2) is 64.9 Å². The molecule has 0 N–H and O–H groups in total. The molecular weight excluding hydrogens is 608 g/mol. The first-order valence-electron chi connectivity index (χ1n) is 6.73. The first-order chi connectivity index (χ1) is 10.8. The molecule has 2 rings (SSSR count). The fraction of sp³-hybridized carbons (Fsp3) is 0.250. The standard InChI is InChI=1S/C16H14Br4S3/c1-9(17)21-11-3-5-15(13(19)7-11)23-16-6-4-12(8-14(16)20)22-10(2)18/h3-10H,1-2H3. The summed E-state index contributed by atoms with van der Waals surface area (Å²) in [4.78, 5) is 4.93. The summed E-state index contributed by atoms with van der Waals surface area (Å²) in [6, 6.07) is 13.0. The number of hydrogen-bond donors (Lipinski definition) is 0. The van der Waals surface area contributed by atoms with Gasteiger partial charge >= 0.3 is 0 Å². The highest BCUT2D eigenvalue weighted by Crippen LogP contribution is 2.41. The van der Waals surface area contributed by atoms with E-state index in [1.807, 2.05) is 0 Å². The van der Waals surface area contributed by atoms with E-state index >= 15 is 0 Å². The lowest BCUT2D eigenvalue weighted by atomic mass is 10.4. The molecule has 0 heterocycles. The minimum atomic E-state index is 0.406. The Hall–Kier alpha value is 1.41. The number of hydrogen-bond acceptors (Lipinski definition) is 3. The maximum absolute atomic E-state index is 3.69. The van der Waals surface area contributed by atoms with Gasteiger partial charge in [0.2, 0.25) is 0 Å². The predicted octanol–water partition coefficient (Wildman–Crippen LogP) is 9.03. The van der Waals surface area contributed by atoms with Crippen molar-refractivity contribution in [3.05, 3.63) is 45.3 Å². The maximum Gasteiger partial charge on any atom is 0.0619 e. The summed E-state index contributed by atoms with van der Waals surface area (Å²) in [5.41, 5.74) is 0. The van der Waals surface area contributed by atoms with Crippen molar-refractivity contribution < 1.29 is 0 Å². The van der Waals surface area contributed by atoms with Crippen LogP contribution < -0.4 is 0 Å². The Kier molecular flexibility index (Phi) is 8.94. The summed E-state index contributed by atoms with van der Waals surface area (Å²) in [6.45, 7) is 4.26. The molecule has 0 aliphatic carbocycles. The molecule has 0 aliphatic heterocycles. The molecule has 0 spiro atoms. The second-order valence-electron chi connectivity index (χ2n) is 4.61. The van der Waals surface area contributed by atoms with Gasteiger partial charge in [-0.15, -0.1) is 23.5 Å². The lowest BCUT2D eigenvalue weighted by Crippen LogP contribution is -1.85. The smallest absolute Gasteiger partial charge is 0.0619 e. The molecule has 0 radical (unpaired) electrons. The Balaban J connectivity index is 2.15. The van der Waals surface area contributed by atoms with Crippen molar-refractivity contribution in [2.24, 2.45) is 0 Å². The maximum atomic E-state index is 3.69. The number of rotatable bonds is 6. The topological polar surface area (TPSA) is 0 Å². The van der Waals surface area contributed by atoms with Gasteiger partial charge < -0.3 is 0 Å². The number of alkyl halides is 2. The molecule has 0 aliphatic rings. The Labute approximate surface area is 184 Å². The van der Waals surface area contributed by atoms with Gasteiger partial charge in [-0.25, -0.2) is 0 Å². The number of halogens is 4. The van der Waals surface area contributed by atoms with Crippen LogP contribution in [-0.2, 0) is 0 Å². The minimum absolute atomic E-state index is 0.406. The highest BCUT2D eigenvalue weighted by atomic mass is 79.9. The van der Waals surface area contributed by atoms with Crippen LogP contribution in [0.4, 0.5) is 0 Å². The first-order valence-corrected chi connectivity index (χ1v) is 12.7. The van der Waals surface area contributed by atoms with Crippen molar-refractivity contribution in [3.8, 4) is 0 Å². The van der Waals surface area contributed by atoms with Crippen LogP contribution in [0.3, 0.4) is 0 Å². The molecular formula is C16H14Br4S3. The molecule has 0 fully saturated rings. The Bertz CT molecular complexity index is 617. The van der Waals surface area contributed by atoms with Gasteiger partial charge in [0.05, 0.1) is 8.32 Å². The fourth-order valence-electron chi connectivity index (χ4n) is 1.77. The van der Waals surface area contributed by atoms with Gasteiger partial charge in [0.25, 0.3) is 0 Å². The highest BCUT2D eigenvalue weighted by Gasteiger charge is 2.10. The largest absolute Gasteiger partial charge is 0.111 e. The molecule has 2 aromatic rings. The van der Waals surface area contributed by atoms with Gasteiger partial charge in [-0.3, -0.25) is 0 Å². The molecule has 0 nitrogen and oxygen atoms in total. The van der Waals surface area contributed by atoms with Crippen molar-refractivity contribution in [2.75, 3.05) is 0 Å². The van der Waals surface area contributed by atoms with Gasteiger partial charge in [-0.05, 0) is 82.1 Å². The summed E-state index contributed by atoms with van der Waals surface area (Å²) in [5, 5.41) is 0. The minimum Gasteiger partial charge on any atom is -0.111 e. The summed E-state index contributed by atoms with van der Waals surface area (Å²) in [6.07, 6.45) is 0. The van der Waals surface area contributed by atoms with E-state index in [-0.39, 0.29) is 0 Å². The highest BCUT2D eigenvalue weighted by molar-refractivity contribution is 9.11. The third-order valence-corrected chi connectivity index (χ3v) is 8.44. The molecule has 2 aromatic carbocycles. The van der Waals surface area contributed by atoms with Gasteiger partial charge in [0, 0.05) is 28.5 Å². The van der Waals surface area contributed by atoms with Gasteiger partial charge in [-0.2, -0.15) is 0 Å². The van der Waals surface area contributed by atoms with Crippen molar-refractivity contribution in [1.82, 2.24) is 0 Å². The van der Waals surface area contributed by atoms with Crippen LogP contribution in [0, 0.1) is 0 Å². The lowest BCUT2D eigenvalue weighted by molar-refractivity contribution is 1.27. The third kappa shape index (κ3) is 6.91. The van der Waals surface area contributed by atoms with Gasteiger partial charge in [-0.1, -0.05) is 43.6 Å². The predicted molar refractivity (Wildman–Crippen MR) is 121 cm³/mol. The van der Waals surface area contributed by atoms with Crippen LogP contribution in [0.25, 0.3) is 0 Å². The third-order valence-electron chi connectivity index (χ3n) is 2.62. The van der Waals surface area contributed by atoms with E-state index in [1.165, 1.54) is 19.6 Å². The van der Waals surface area contributed by atoms with E-state index in [2.05, 4.69) is 114 Å². The van der Waals surface area contributed by atoms with Gasteiger partial charge in [0.1, 0.15) is 0 Å². The number of thioether (sulfide) groups is 2. The zero-order valence-electron chi connectivity index (χ0n) is 12.4. The van der Waals surface area contributed by atoms with E-state index in [1.54, 1.807) is 35.3 Å². The molecule has 0 amide bonds. The van der Waals surface area contributed by atoms with Crippen molar-refractivity contribution >= 4 is 99.0 Å². The van der Waals surface area contributed by atoms with Crippen LogP contribution in [-0.4, -0.2) is 8.32 Å². The summed E-state index contributed by atoms with van der Waals surface area (Å²) >= 11 is 19.9. The molecule has 23 heavy (non-hydrogen) atoms. The van der Waals surface area contributed by atoms with Crippen molar-refractivity contribution in [1.29, 1.82) is 0 Å². The molecule has 0 aromatic heterocycles. The monoisotopic (exact) mass is 618 g/mol. The summed E-state index contributed by atoms with van der Waals surface area (Å²) in [5.74, 6) is 0. The van der Waals surface area contributed by atoms with E-state index in [4.69, 9.17) is 0 Å². The summed E-state index contributed by atoms with van der Waals surface area (Å²) in [7, 11) is 0. The second-order valence-corrected chi connectivity index (χ2v) is 14.2. The Morgan fingerprint density at radius 2 is 1.13 bits per heavy atom. The van der Waals surface area contributed by atoms with E-state index in [0.29, 0.717) is 8.32 Å². The lowest BCUT2D eigenvalue weighted by Gasteiger charge is -2.11. The van der Waals surface area contributed by atoms with Crippen molar-refractivity contribution in [2.45, 2.75) is 41.7 Å². The second kappa shape index (κ2) is 9.93. The molecule has 124 valence electrons. The van der Waals surface area contributed by atoms with E-state index in [9.17, 15) is 0 Å². The van der Waals surface area contributed by atoms with Crippen LogP contribution in [0.5, 0.6) is 0 Å². The van der Waals surface area contributed by atoms with Gasteiger partial charge in [0.15, 0.2) is 0 Å². The Morgan fingerprint density at radius 1 is 0.739 bits per heavy atom. The van der Waals surface area contributed by atoms with Crippen LogP contribution in [0.1, 0.15) is 13.8 Å². The molecule has 2 unspecified atom stereocenters. The summed E-state index contributed by atoms with van der Waals surface area (Å²) < 4.78 is 3.06. The Morgan fingerprint density at radius 3 is 1.43 bits per heavy atom. The number of benzene rings is 2. The quantitative estimate of drug-likeness (QED) is 0.233. The van der Waals surface area contributed by atoms with Crippen LogP contribution >= 0.6 is 99.0 Å². The molecule has 2 atom stereocenters. The van der Waals surface area contributed by atoms with E-state index in [0.717, 1.165) is 8.95 Å². The normalized spacial score (nSPS) is 13.8. The SMILES string of the molecule is CC(Br)Sc1ccc(Sc2ccc(SC(C)Br)cc2Br)c(Br)c1.